The average molecular weight is 460 g/mol. The lowest BCUT2D eigenvalue weighted by Crippen LogP contribution is -2.36. The molecular formula is C17H25IN4OS. The molecule has 0 aliphatic rings. The lowest BCUT2D eigenvalue weighted by atomic mass is 10.2. The molecule has 0 saturated carbocycles. The van der Waals surface area contributed by atoms with E-state index in [9.17, 15) is 0 Å². The highest BCUT2D eigenvalue weighted by Gasteiger charge is 2.07. The lowest BCUT2D eigenvalue weighted by molar-refractivity contribution is 0.336. The predicted molar refractivity (Wildman–Crippen MR) is 112 cm³/mol. The summed E-state index contributed by atoms with van der Waals surface area (Å²) >= 11 is 1.71. The first-order valence-electron chi connectivity index (χ1n) is 7.72. The third-order valence-corrected chi connectivity index (χ3v) is 4.43. The van der Waals surface area contributed by atoms with Crippen LogP contribution in [0.5, 0.6) is 5.75 Å². The van der Waals surface area contributed by atoms with Gasteiger partial charge in [0.1, 0.15) is 5.75 Å². The summed E-state index contributed by atoms with van der Waals surface area (Å²) in [6.45, 7) is 8.10. The van der Waals surface area contributed by atoms with Gasteiger partial charge in [0.2, 0.25) is 0 Å². The largest absolute Gasteiger partial charge is 0.494 e. The van der Waals surface area contributed by atoms with Crippen LogP contribution in [0.2, 0.25) is 0 Å². The molecule has 132 valence electrons. The molecule has 0 atom stereocenters. The minimum atomic E-state index is 0. The molecule has 0 fully saturated rings. The Labute approximate surface area is 165 Å². The van der Waals surface area contributed by atoms with Crippen LogP contribution in [0, 0.1) is 13.8 Å². The van der Waals surface area contributed by atoms with Crippen molar-refractivity contribution in [2.75, 3.05) is 13.7 Å². The van der Waals surface area contributed by atoms with Crippen molar-refractivity contribution in [3.8, 4) is 5.75 Å². The first kappa shape index (κ1) is 20.7. The van der Waals surface area contributed by atoms with Gasteiger partial charge in [-0.05, 0) is 26.8 Å². The summed E-state index contributed by atoms with van der Waals surface area (Å²) in [6.07, 6.45) is 0. The van der Waals surface area contributed by atoms with Crippen molar-refractivity contribution in [1.29, 1.82) is 0 Å². The Morgan fingerprint density at radius 1 is 1.21 bits per heavy atom. The number of aromatic nitrogens is 1. The van der Waals surface area contributed by atoms with Crippen molar-refractivity contribution in [3.05, 3.63) is 45.4 Å². The van der Waals surface area contributed by atoms with Crippen LogP contribution in [0.4, 0.5) is 0 Å². The van der Waals surface area contributed by atoms with Crippen LogP contribution < -0.4 is 15.4 Å². The van der Waals surface area contributed by atoms with Gasteiger partial charge in [0.15, 0.2) is 5.96 Å². The fourth-order valence-electron chi connectivity index (χ4n) is 2.25. The number of thiazole rings is 1. The molecule has 0 radical (unpaired) electrons. The smallest absolute Gasteiger partial charge is 0.191 e. The molecular weight excluding hydrogens is 435 g/mol. The molecule has 0 saturated heterocycles. The standard InChI is InChI=1S/C17H24N4OS.HI/c1-5-22-15-9-7-6-8-14(15)10-19-17(18-4)20-11-16-12(2)21-13(3)23-16;/h6-9H,5,10-11H2,1-4H3,(H2,18,19,20);1H. The number of para-hydroxylation sites is 1. The maximum atomic E-state index is 5.64. The summed E-state index contributed by atoms with van der Waals surface area (Å²) in [4.78, 5) is 9.95. The zero-order chi connectivity index (χ0) is 16.7. The molecule has 0 bridgehead atoms. The van der Waals surface area contributed by atoms with Gasteiger partial charge in [-0.1, -0.05) is 18.2 Å². The molecule has 0 aliphatic carbocycles. The van der Waals surface area contributed by atoms with Crippen molar-refractivity contribution < 1.29 is 4.74 Å². The number of hydrogen-bond acceptors (Lipinski definition) is 4. The van der Waals surface area contributed by atoms with Crippen molar-refractivity contribution in [1.82, 2.24) is 15.6 Å². The van der Waals surface area contributed by atoms with Gasteiger partial charge >= 0.3 is 0 Å². The first-order valence-corrected chi connectivity index (χ1v) is 8.53. The lowest BCUT2D eigenvalue weighted by Gasteiger charge is -2.14. The number of nitrogens with one attached hydrogen (secondary N) is 2. The molecule has 0 unspecified atom stereocenters. The van der Waals surface area contributed by atoms with Crippen LogP contribution in [0.1, 0.15) is 28.1 Å². The number of ether oxygens (including phenoxy) is 1. The highest BCUT2D eigenvalue weighted by Crippen LogP contribution is 2.18. The molecule has 24 heavy (non-hydrogen) atoms. The number of hydrogen-bond donors (Lipinski definition) is 2. The number of rotatable bonds is 6. The van der Waals surface area contributed by atoms with Crippen LogP contribution in [-0.4, -0.2) is 24.6 Å². The van der Waals surface area contributed by atoms with E-state index < -0.39 is 0 Å². The van der Waals surface area contributed by atoms with E-state index in [0.29, 0.717) is 13.2 Å². The summed E-state index contributed by atoms with van der Waals surface area (Å²) in [5.74, 6) is 1.67. The Bertz CT molecular complexity index is 672. The minimum Gasteiger partial charge on any atom is -0.494 e. The second kappa shape index (κ2) is 10.5. The summed E-state index contributed by atoms with van der Waals surface area (Å²) in [5, 5.41) is 7.74. The number of nitrogens with zero attached hydrogens (tertiary/aromatic N) is 2. The van der Waals surface area contributed by atoms with E-state index >= 15 is 0 Å². The molecule has 1 aromatic carbocycles. The summed E-state index contributed by atoms with van der Waals surface area (Å²) in [5.41, 5.74) is 2.19. The SMILES string of the molecule is CCOc1ccccc1CNC(=NC)NCc1sc(C)nc1C.I. The number of guanidine groups is 1. The van der Waals surface area contributed by atoms with Gasteiger partial charge in [0.25, 0.3) is 0 Å². The van der Waals surface area contributed by atoms with Crippen LogP contribution in [-0.2, 0) is 13.1 Å². The monoisotopic (exact) mass is 460 g/mol. The van der Waals surface area contributed by atoms with Crippen LogP contribution in [0.3, 0.4) is 0 Å². The zero-order valence-electron chi connectivity index (χ0n) is 14.5. The molecule has 2 rings (SSSR count). The normalized spacial score (nSPS) is 10.9. The highest BCUT2D eigenvalue weighted by atomic mass is 127. The fourth-order valence-corrected chi connectivity index (χ4v) is 3.12. The third-order valence-electron chi connectivity index (χ3n) is 3.36. The Morgan fingerprint density at radius 2 is 1.92 bits per heavy atom. The second-order valence-electron chi connectivity index (χ2n) is 5.06. The maximum Gasteiger partial charge on any atom is 0.191 e. The Hall–Kier alpha value is -1.35. The zero-order valence-corrected chi connectivity index (χ0v) is 17.7. The fraction of sp³-hybridized carbons (Fsp3) is 0.412. The van der Waals surface area contributed by atoms with E-state index in [2.05, 4.69) is 26.7 Å². The molecule has 1 aromatic heterocycles. The van der Waals surface area contributed by atoms with Gasteiger partial charge in [-0.25, -0.2) is 4.98 Å². The number of halogens is 1. The topological polar surface area (TPSA) is 58.5 Å². The first-order chi connectivity index (χ1) is 11.1. The molecule has 2 N–H and O–H groups in total. The number of aryl methyl sites for hydroxylation is 2. The average Bonchev–Trinajstić information content (AvgIpc) is 2.87. The molecule has 1 heterocycles. The quantitative estimate of drug-likeness (QED) is 0.393. The van der Waals surface area contributed by atoms with E-state index in [-0.39, 0.29) is 24.0 Å². The van der Waals surface area contributed by atoms with Crippen molar-refractivity contribution in [2.45, 2.75) is 33.9 Å². The van der Waals surface area contributed by atoms with Gasteiger partial charge in [-0.3, -0.25) is 4.99 Å². The van der Waals surface area contributed by atoms with E-state index in [1.165, 1.54) is 4.88 Å². The Kier molecular flexibility index (Phi) is 9.05. The number of aliphatic imine (C=N–C) groups is 1. The van der Waals surface area contributed by atoms with Crippen LogP contribution in [0.25, 0.3) is 0 Å². The van der Waals surface area contributed by atoms with Gasteiger partial charge in [-0.15, -0.1) is 35.3 Å². The summed E-state index contributed by atoms with van der Waals surface area (Å²) < 4.78 is 5.64. The Balaban J connectivity index is 0.00000288. The van der Waals surface area contributed by atoms with E-state index in [1.807, 2.05) is 39.0 Å². The highest BCUT2D eigenvalue weighted by molar-refractivity contribution is 14.0. The summed E-state index contributed by atoms with van der Waals surface area (Å²) in [6, 6.07) is 8.04. The van der Waals surface area contributed by atoms with Crippen LogP contribution in [0.15, 0.2) is 29.3 Å². The molecule has 5 nitrogen and oxygen atoms in total. The molecule has 2 aromatic rings. The second-order valence-corrected chi connectivity index (χ2v) is 6.35. The van der Waals surface area contributed by atoms with Gasteiger partial charge < -0.3 is 15.4 Å². The van der Waals surface area contributed by atoms with Crippen molar-refractivity contribution >= 4 is 41.3 Å². The molecule has 0 spiro atoms. The molecule has 0 aliphatic heterocycles. The van der Waals surface area contributed by atoms with Crippen molar-refractivity contribution in [2.24, 2.45) is 4.99 Å². The minimum absolute atomic E-state index is 0. The van der Waals surface area contributed by atoms with E-state index in [4.69, 9.17) is 4.74 Å². The number of benzene rings is 1. The van der Waals surface area contributed by atoms with Crippen LogP contribution >= 0.6 is 35.3 Å². The van der Waals surface area contributed by atoms with E-state index in [0.717, 1.165) is 34.5 Å². The van der Waals surface area contributed by atoms with E-state index in [1.54, 1.807) is 18.4 Å². The van der Waals surface area contributed by atoms with Gasteiger partial charge in [0.05, 0.1) is 23.9 Å². The Morgan fingerprint density at radius 3 is 2.54 bits per heavy atom. The summed E-state index contributed by atoms with van der Waals surface area (Å²) in [7, 11) is 1.77. The predicted octanol–water partition coefficient (Wildman–Crippen LogP) is 3.64. The van der Waals surface area contributed by atoms with Gasteiger partial charge in [-0.2, -0.15) is 0 Å². The molecule has 7 heteroatoms. The van der Waals surface area contributed by atoms with Gasteiger partial charge in [0, 0.05) is 24.0 Å². The molecule has 0 amide bonds. The maximum absolute atomic E-state index is 5.64. The van der Waals surface area contributed by atoms with Crippen molar-refractivity contribution in [3.63, 3.8) is 0 Å². The third kappa shape index (κ3) is 5.94.